The van der Waals surface area contributed by atoms with Gasteiger partial charge in [0.2, 0.25) is 21.8 Å². The van der Waals surface area contributed by atoms with Crippen molar-refractivity contribution in [3.05, 3.63) is 59.8 Å². The number of aromatic nitrogens is 2. The monoisotopic (exact) mass is 556 g/mol. The summed E-state index contributed by atoms with van der Waals surface area (Å²) in [7, 11) is -4.08. The highest BCUT2D eigenvalue weighted by Gasteiger charge is 2.32. The maximum atomic E-state index is 13.8. The van der Waals surface area contributed by atoms with Gasteiger partial charge in [0.25, 0.3) is 0 Å². The number of carboxylic acids is 1. The molecule has 1 aliphatic heterocycles. The summed E-state index contributed by atoms with van der Waals surface area (Å²) in [4.78, 5) is 24.3. The van der Waals surface area contributed by atoms with Gasteiger partial charge in [-0.3, -0.25) is 4.79 Å². The highest BCUT2D eigenvalue weighted by Crippen LogP contribution is 2.37. The van der Waals surface area contributed by atoms with Crippen LogP contribution in [0.3, 0.4) is 0 Å². The molecule has 3 aromatic rings. The molecule has 12 heteroatoms. The predicted octanol–water partition coefficient (Wildman–Crippen LogP) is 4.07. The molecular formula is C27H32N4O7S. The summed E-state index contributed by atoms with van der Waals surface area (Å²) in [5.41, 5.74) is 0.571. The summed E-state index contributed by atoms with van der Waals surface area (Å²) >= 11 is 0. The first-order valence-corrected chi connectivity index (χ1v) is 13.9. The maximum absolute atomic E-state index is 13.8. The summed E-state index contributed by atoms with van der Waals surface area (Å²) in [6.07, 6.45) is 0.240. The number of aromatic carboxylic acids is 1. The molecule has 2 heterocycles. The van der Waals surface area contributed by atoms with E-state index in [0.717, 1.165) is 0 Å². The van der Waals surface area contributed by atoms with Gasteiger partial charge in [0, 0.05) is 30.8 Å². The third-order valence-corrected chi connectivity index (χ3v) is 7.90. The fourth-order valence-electron chi connectivity index (χ4n) is 4.14. The van der Waals surface area contributed by atoms with E-state index in [-0.39, 0.29) is 71.8 Å². The zero-order chi connectivity index (χ0) is 28.4. The number of carbonyl (C=O) groups is 2. The van der Waals surface area contributed by atoms with Gasteiger partial charge in [-0.2, -0.15) is 14.1 Å². The molecule has 0 atom stereocenters. The van der Waals surface area contributed by atoms with Gasteiger partial charge in [0.05, 0.1) is 18.9 Å². The van der Waals surface area contributed by atoms with Crippen LogP contribution in [-0.4, -0.2) is 65.8 Å². The molecule has 1 aromatic heterocycles. The number of carbonyl (C=O) groups excluding carboxylic acids is 1. The van der Waals surface area contributed by atoms with E-state index >= 15 is 0 Å². The predicted molar refractivity (Wildman–Crippen MR) is 144 cm³/mol. The smallest absolute Gasteiger partial charge is 0.356 e. The second-order valence-electron chi connectivity index (χ2n) is 10.4. The van der Waals surface area contributed by atoms with E-state index in [1.165, 1.54) is 21.1 Å². The van der Waals surface area contributed by atoms with Crippen LogP contribution in [0.4, 0.5) is 5.69 Å². The number of nitrogens with one attached hydrogen (secondary N) is 1. The van der Waals surface area contributed by atoms with Crippen LogP contribution >= 0.6 is 0 Å². The van der Waals surface area contributed by atoms with Crippen LogP contribution in [-0.2, 0) is 19.6 Å². The quantitative estimate of drug-likeness (QED) is 0.423. The first kappa shape index (κ1) is 28.3. The zero-order valence-corrected chi connectivity index (χ0v) is 23.1. The Morgan fingerprint density at radius 2 is 1.77 bits per heavy atom. The van der Waals surface area contributed by atoms with Crippen molar-refractivity contribution in [3.63, 3.8) is 0 Å². The summed E-state index contributed by atoms with van der Waals surface area (Å²) in [5.74, 6) is -1.48. The van der Waals surface area contributed by atoms with E-state index in [0.29, 0.717) is 11.4 Å². The Morgan fingerprint density at radius 3 is 2.38 bits per heavy atom. The van der Waals surface area contributed by atoms with Crippen molar-refractivity contribution in [1.29, 1.82) is 0 Å². The van der Waals surface area contributed by atoms with Crippen molar-refractivity contribution in [2.24, 2.45) is 5.41 Å². The lowest BCUT2D eigenvalue weighted by atomic mass is 9.92. The molecule has 208 valence electrons. The Morgan fingerprint density at radius 1 is 1.10 bits per heavy atom. The van der Waals surface area contributed by atoms with Gasteiger partial charge in [0.1, 0.15) is 10.6 Å². The fourth-order valence-corrected chi connectivity index (χ4v) is 5.68. The largest absolute Gasteiger partial charge is 0.476 e. The maximum Gasteiger partial charge on any atom is 0.356 e. The van der Waals surface area contributed by atoms with Crippen LogP contribution in [0.15, 0.2) is 53.4 Å². The Balaban J connectivity index is 1.81. The van der Waals surface area contributed by atoms with Crippen LogP contribution in [0, 0.1) is 12.3 Å². The molecular weight excluding hydrogens is 524 g/mol. The third-order valence-electron chi connectivity index (χ3n) is 5.98. The number of carboxylic acid groups (broad SMARTS) is 1. The minimum Gasteiger partial charge on any atom is -0.476 e. The standard InChI is InChI=1S/C27H32N4O7S/c1-18-24(26(33)34)29-31(20-8-6-5-7-9-20)25(18)38-21-11-10-19(28-23(32)17-27(2,3)4)16-22(21)39(35,36)30-12-14-37-15-13-30/h5-11,16H,12-15,17H2,1-4H3,(H,28,32)(H,33,34). The normalized spacial score (nSPS) is 14.7. The van der Waals surface area contributed by atoms with E-state index in [1.54, 1.807) is 43.3 Å². The molecule has 1 fully saturated rings. The molecule has 1 amide bonds. The van der Waals surface area contributed by atoms with Gasteiger partial charge >= 0.3 is 5.97 Å². The van der Waals surface area contributed by atoms with Gasteiger partial charge in [-0.1, -0.05) is 39.0 Å². The molecule has 0 aliphatic carbocycles. The average molecular weight is 557 g/mol. The van der Waals surface area contributed by atoms with Crippen molar-refractivity contribution >= 4 is 27.6 Å². The molecule has 0 saturated carbocycles. The topological polar surface area (TPSA) is 140 Å². The zero-order valence-electron chi connectivity index (χ0n) is 22.3. The Bertz CT molecular complexity index is 1470. The van der Waals surface area contributed by atoms with Crippen LogP contribution in [0.25, 0.3) is 5.69 Å². The van der Waals surface area contributed by atoms with E-state index in [1.807, 2.05) is 20.8 Å². The Kier molecular flexibility index (Phi) is 8.09. The molecule has 0 unspecified atom stereocenters. The van der Waals surface area contributed by atoms with Gasteiger partial charge in [-0.15, -0.1) is 0 Å². The summed E-state index contributed by atoms with van der Waals surface area (Å²) < 4.78 is 41.7. The molecule has 1 aliphatic rings. The van der Waals surface area contributed by atoms with Crippen molar-refractivity contribution < 1.29 is 32.6 Å². The molecule has 39 heavy (non-hydrogen) atoms. The van der Waals surface area contributed by atoms with Crippen LogP contribution in [0.1, 0.15) is 43.2 Å². The molecule has 4 rings (SSSR count). The Labute approximate surface area is 227 Å². The number of ether oxygens (including phenoxy) is 2. The number of benzene rings is 2. The minimum atomic E-state index is -4.08. The van der Waals surface area contributed by atoms with E-state index in [2.05, 4.69) is 10.4 Å². The number of para-hydroxylation sites is 1. The number of hydrogen-bond acceptors (Lipinski definition) is 7. The molecule has 1 saturated heterocycles. The van der Waals surface area contributed by atoms with Gasteiger partial charge in [-0.05, 0) is 42.7 Å². The molecule has 0 bridgehead atoms. The van der Waals surface area contributed by atoms with Crippen LogP contribution in [0.5, 0.6) is 11.6 Å². The molecule has 11 nitrogen and oxygen atoms in total. The van der Waals surface area contributed by atoms with Crippen molar-refractivity contribution in [1.82, 2.24) is 14.1 Å². The van der Waals surface area contributed by atoms with Gasteiger partial charge < -0.3 is 19.9 Å². The van der Waals surface area contributed by atoms with Crippen molar-refractivity contribution in [2.75, 3.05) is 31.6 Å². The number of rotatable bonds is 8. The fraction of sp³-hybridized carbons (Fsp3) is 0.370. The third kappa shape index (κ3) is 6.47. The first-order chi connectivity index (χ1) is 18.4. The highest BCUT2D eigenvalue weighted by atomic mass is 32.2. The highest BCUT2D eigenvalue weighted by molar-refractivity contribution is 7.89. The lowest BCUT2D eigenvalue weighted by molar-refractivity contribution is -0.117. The van der Waals surface area contributed by atoms with E-state index < -0.39 is 16.0 Å². The number of sulfonamides is 1. The molecule has 2 N–H and O–H groups in total. The number of morpholine rings is 1. The lowest BCUT2D eigenvalue weighted by Crippen LogP contribution is -2.40. The number of hydrogen-bond donors (Lipinski definition) is 2. The minimum absolute atomic E-state index is 0.0348. The van der Waals surface area contributed by atoms with Crippen LogP contribution < -0.4 is 10.1 Å². The first-order valence-electron chi connectivity index (χ1n) is 12.4. The summed E-state index contributed by atoms with van der Waals surface area (Å²) in [6, 6.07) is 13.1. The molecule has 0 spiro atoms. The average Bonchev–Trinajstić information content (AvgIpc) is 3.21. The second-order valence-corrected chi connectivity index (χ2v) is 12.3. The van der Waals surface area contributed by atoms with Crippen molar-refractivity contribution in [3.8, 4) is 17.3 Å². The molecule has 0 radical (unpaired) electrons. The van der Waals surface area contributed by atoms with Gasteiger partial charge in [-0.25, -0.2) is 13.2 Å². The van der Waals surface area contributed by atoms with Gasteiger partial charge in [0.15, 0.2) is 5.69 Å². The number of amides is 1. The molecule has 2 aromatic carbocycles. The Hall–Kier alpha value is -3.74. The summed E-state index contributed by atoms with van der Waals surface area (Å²) in [5, 5.41) is 16.7. The van der Waals surface area contributed by atoms with E-state index in [4.69, 9.17) is 9.47 Å². The number of nitrogens with zero attached hydrogens (tertiary/aromatic N) is 3. The van der Waals surface area contributed by atoms with Crippen LogP contribution in [0.2, 0.25) is 0 Å². The van der Waals surface area contributed by atoms with Crippen molar-refractivity contribution in [2.45, 2.75) is 39.0 Å². The number of anilines is 1. The lowest BCUT2D eigenvalue weighted by Gasteiger charge is -2.27. The second kappa shape index (κ2) is 11.2. The van der Waals surface area contributed by atoms with E-state index in [9.17, 15) is 23.1 Å². The summed E-state index contributed by atoms with van der Waals surface area (Å²) in [6.45, 7) is 8.16. The SMILES string of the molecule is Cc1c(C(=O)O)nn(-c2ccccc2)c1Oc1ccc(NC(=O)CC(C)(C)C)cc1S(=O)(=O)N1CCOCC1.